The van der Waals surface area contributed by atoms with E-state index in [2.05, 4.69) is 4.98 Å². The van der Waals surface area contributed by atoms with Crippen LogP contribution in [0.2, 0.25) is 0 Å². The van der Waals surface area contributed by atoms with Crippen molar-refractivity contribution in [3.05, 3.63) is 28.8 Å². The van der Waals surface area contributed by atoms with E-state index in [0.717, 1.165) is 0 Å². The zero-order valence-corrected chi connectivity index (χ0v) is 6.84. The number of hydrogen-bond donors (Lipinski definition) is 1. The van der Waals surface area contributed by atoms with Crippen LogP contribution in [0.4, 0.5) is 13.2 Å². The van der Waals surface area contributed by atoms with Gasteiger partial charge >= 0.3 is 0 Å². The first-order valence-corrected chi connectivity index (χ1v) is 3.58. The first-order valence-electron chi connectivity index (χ1n) is 3.58. The van der Waals surface area contributed by atoms with Crippen LogP contribution in [-0.4, -0.2) is 10.1 Å². The molecule has 3 nitrogen and oxygen atoms in total. The molecule has 1 aromatic rings. The Balaban J connectivity index is 3.32. The van der Waals surface area contributed by atoms with Crippen molar-refractivity contribution in [3.63, 3.8) is 0 Å². The summed E-state index contributed by atoms with van der Waals surface area (Å²) in [5.41, 5.74) is -1.42. The number of halogens is 3. The molecule has 0 aliphatic rings. The predicted molar refractivity (Wildman–Crippen MR) is 39.8 cm³/mol. The average Bonchev–Trinajstić information content (AvgIpc) is 2.16. The molecule has 74 valence electrons. The van der Waals surface area contributed by atoms with Crippen LogP contribution in [0.1, 0.15) is 23.2 Å². The Kier molecular flexibility index (Phi) is 3.04. The van der Waals surface area contributed by atoms with Crippen molar-refractivity contribution in [1.82, 2.24) is 4.98 Å². The summed E-state index contributed by atoms with van der Waals surface area (Å²) in [5.74, 6) is -1.36. The zero-order chi connectivity index (χ0) is 10.7. The molecule has 0 spiro atoms. The van der Waals surface area contributed by atoms with Crippen LogP contribution in [0.3, 0.4) is 0 Å². The predicted octanol–water partition coefficient (Wildman–Crippen LogP) is 1.52. The van der Waals surface area contributed by atoms with Gasteiger partial charge in [-0.15, -0.1) is 0 Å². The molecule has 0 saturated heterocycles. The highest BCUT2D eigenvalue weighted by atomic mass is 19.3. The number of nitrogens with zero attached hydrogens (tertiary/aromatic N) is 2. The molecule has 1 aromatic heterocycles. The number of nitriles is 1. The van der Waals surface area contributed by atoms with Crippen LogP contribution in [-0.2, 0) is 6.61 Å². The first kappa shape index (κ1) is 10.5. The van der Waals surface area contributed by atoms with Crippen LogP contribution in [0, 0.1) is 17.3 Å². The third-order valence-electron chi connectivity index (χ3n) is 1.59. The summed E-state index contributed by atoms with van der Waals surface area (Å²) in [6.07, 6.45) is -3.03. The number of hydrogen-bond acceptors (Lipinski definition) is 3. The Hall–Kier alpha value is -1.61. The molecule has 6 heteroatoms. The lowest BCUT2D eigenvalue weighted by Crippen LogP contribution is -2.02. The highest BCUT2D eigenvalue weighted by molar-refractivity contribution is 5.36. The van der Waals surface area contributed by atoms with Gasteiger partial charge in [0.15, 0.2) is 0 Å². The van der Waals surface area contributed by atoms with Gasteiger partial charge < -0.3 is 5.11 Å². The second kappa shape index (κ2) is 4.07. The quantitative estimate of drug-likeness (QED) is 0.739. The van der Waals surface area contributed by atoms with Gasteiger partial charge in [-0.25, -0.2) is 13.8 Å². The van der Waals surface area contributed by atoms with E-state index in [9.17, 15) is 13.2 Å². The Morgan fingerprint density at radius 2 is 2.21 bits per heavy atom. The van der Waals surface area contributed by atoms with Gasteiger partial charge in [0.25, 0.3) is 6.43 Å². The molecule has 1 heterocycles. The van der Waals surface area contributed by atoms with E-state index in [4.69, 9.17) is 10.4 Å². The second-order valence-electron chi connectivity index (χ2n) is 2.43. The van der Waals surface area contributed by atoms with Gasteiger partial charge in [0.05, 0.1) is 23.4 Å². The summed E-state index contributed by atoms with van der Waals surface area (Å²) >= 11 is 0. The van der Waals surface area contributed by atoms with Crippen molar-refractivity contribution in [2.45, 2.75) is 13.0 Å². The molecule has 14 heavy (non-hydrogen) atoms. The number of rotatable bonds is 2. The van der Waals surface area contributed by atoms with Gasteiger partial charge in [0.2, 0.25) is 5.95 Å². The number of pyridine rings is 1. The van der Waals surface area contributed by atoms with Gasteiger partial charge in [-0.3, -0.25) is 0 Å². The fourth-order valence-electron chi connectivity index (χ4n) is 0.912. The summed E-state index contributed by atoms with van der Waals surface area (Å²) in [6.45, 7) is -0.663. The summed E-state index contributed by atoms with van der Waals surface area (Å²) in [7, 11) is 0. The summed E-state index contributed by atoms with van der Waals surface area (Å²) in [5, 5.41) is 17.1. The van der Waals surface area contributed by atoms with Crippen molar-refractivity contribution in [2.75, 3.05) is 0 Å². The first-order chi connectivity index (χ1) is 6.60. The van der Waals surface area contributed by atoms with Crippen molar-refractivity contribution >= 4 is 0 Å². The minimum Gasteiger partial charge on any atom is -0.390 e. The molecule has 0 amide bonds. The fraction of sp³-hybridized carbons (Fsp3) is 0.250. The van der Waals surface area contributed by atoms with E-state index in [-0.39, 0.29) is 11.3 Å². The molecule has 0 bridgehead atoms. The molecular weight excluding hydrogens is 197 g/mol. The largest absolute Gasteiger partial charge is 0.390 e. The molecule has 0 aromatic carbocycles. The number of aliphatic hydroxyl groups excluding tert-OH is 1. The normalized spacial score (nSPS) is 10.3. The molecule has 0 radical (unpaired) electrons. The average molecular weight is 202 g/mol. The Morgan fingerprint density at radius 3 is 2.64 bits per heavy atom. The summed E-state index contributed by atoms with van der Waals surface area (Å²) < 4.78 is 37.0. The molecule has 0 saturated carbocycles. The lowest BCUT2D eigenvalue weighted by atomic mass is 10.1. The van der Waals surface area contributed by atoms with Crippen molar-refractivity contribution in [1.29, 1.82) is 5.26 Å². The molecule has 0 unspecified atom stereocenters. The monoisotopic (exact) mass is 202 g/mol. The maximum Gasteiger partial charge on any atom is 0.268 e. The minimum atomic E-state index is -3.03. The van der Waals surface area contributed by atoms with Gasteiger partial charge in [-0.05, 0) is 6.07 Å². The van der Waals surface area contributed by atoms with Crippen LogP contribution in [0.5, 0.6) is 0 Å². The third-order valence-corrected chi connectivity index (χ3v) is 1.59. The van der Waals surface area contributed by atoms with Gasteiger partial charge in [0, 0.05) is 0 Å². The van der Waals surface area contributed by atoms with Crippen molar-refractivity contribution < 1.29 is 18.3 Å². The highest BCUT2D eigenvalue weighted by Gasteiger charge is 2.17. The highest BCUT2D eigenvalue weighted by Crippen LogP contribution is 2.22. The second-order valence-corrected chi connectivity index (χ2v) is 2.43. The number of alkyl halides is 2. The summed E-state index contributed by atoms with van der Waals surface area (Å²) in [6, 6.07) is 2.24. The van der Waals surface area contributed by atoms with Crippen LogP contribution < -0.4 is 0 Å². The molecular formula is C8H5F3N2O. The van der Waals surface area contributed by atoms with E-state index >= 15 is 0 Å². The standard InChI is InChI=1S/C8H5F3N2O/c9-7(10)5-1-4(2-12)6(3-14)13-8(5)11/h1,7,14H,3H2. The maximum absolute atomic E-state index is 12.8. The van der Waals surface area contributed by atoms with Crippen molar-refractivity contribution in [2.24, 2.45) is 0 Å². The van der Waals surface area contributed by atoms with E-state index in [1.54, 1.807) is 6.07 Å². The SMILES string of the molecule is N#Cc1cc(C(F)F)c(F)nc1CO. The molecule has 0 aliphatic carbocycles. The Morgan fingerprint density at radius 1 is 1.57 bits per heavy atom. The minimum absolute atomic E-state index is 0.241. The molecule has 0 fully saturated rings. The van der Waals surface area contributed by atoms with Crippen molar-refractivity contribution in [3.8, 4) is 6.07 Å². The number of aliphatic hydroxyl groups is 1. The van der Waals surface area contributed by atoms with Gasteiger partial charge in [0.1, 0.15) is 6.07 Å². The smallest absolute Gasteiger partial charge is 0.268 e. The maximum atomic E-state index is 12.8. The van der Waals surface area contributed by atoms with Crippen LogP contribution >= 0.6 is 0 Å². The molecule has 0 atom stereocenters. The topological polar surface area (TPSA) is 56.9 Å². The zero-order valence-electron chi connectivity index (χ0n) is 6.84. The molecule has 1 N–H and O–H groups in total. The van der Waals surface area contributed by atoms with Crippen LogP contribution in [0.25, 0.3) is 0 Å². The van der Waals surface area contributed by atoms with E-state index in [0.29, 0.717) is 6.07 Å². The van der Waals surface area contributed by atoms with Gasteiger partial charge in [-0.2, -0.15) is 9.65 Å². The van der Waals surface area contributed by atoms with Crippen LogP contribution in [0.15, 0.2) is 6.07 Å². The van der Waals surface area contributed by atoms with E-state index in [1.807, 2.05) is 0 Å². The molecule has 1 rings (SSSR count). The van der Waals surface area contributed by atoms with E-state index in [1.165, 1.54) is 0 Å². The molecule has 0 aliphatic heterocycles. The third kappa shape index (κ3) is 1.83. The Labute approximate surface area is 77.4 Å². The lowest BCUT2D eigenvalue weighted by molar-refractivity contribution is 0.144. The van der Waals surface area contributed by atoms with Gasteiger partial charge in [-0.1, -0.05) is 0 Å². The lowest BCUT2D eigenvalue weighted by Gasteiger charge is -2.04. The Bertz CT molecular complexity index is 387. The number of aromatic nitrogens is 1. The van der Waals surface area contributed by atoms with E-state index < -0.39 is 24.5 Å². The summed E-state index contributed by atoms with van der Waals surface area (Å²) in [4.78, 5) is 3.06. The fourth-order valence-corrected chi connectivity index (χ4v) is 0.912.